The molecule has 1 N–H and O–H groups in total. The molecule has 8 heteroatoms. The van der Waals surface area contributed by atoms with Crippen LogP contribution in [0.3, 0.4) is 0 Å². The number of aryl methyl sites for hydroxylation is 3. The standard InChI is InChI=1S/C21H26N4O4/c1-4-19-22-20(29-24-19)21(26)9-10-25(13-21)11-16-5-7-17(8-6-16)27-12-18-14(2)23-28-15(18)3/h5-8,26H,4,9-13H2,1-3H3. The van der Waals surface area contributed by atoms with Gasteiger partial charge in [0.25, 0.3) is 5.89 Å². The van der Waals surface area contributed by atoms with Crippen molar-refractivity contribution in [1.82, 2.24) is 20.2 Å². The summed E-state index contributed by atoms with van der Waals surface area (Å²) < 4.78 is 16.3. The van der Waals surface area contributed by atoms with Gasteiger partial charge in [-0.15, -0.1) is 0 Å². The highest BCUT2D eigenvalue weighted by Gasteiger charge is 2.42. The first-order valence-electron chi connectivity index (χ1n) is 9.88. The Morgan fingerprint density at radius 1 is 1.17 bits per heavy atom. The zero-order valence-corrected chi connectivity index (χ0v) is 17.0. The maximum absolute atomic E-state index is 10.9. The summed E-state index contributed by atoms with van der Waals surface area (Å²) in [6.45, 7) is 8.17. The van der Waals surface area contributed by atoms with Crippen LogP contribution in [0.5, 0.6) is 5.75 Å². The van der Waals surface area contributed by atoms with Crippen molar-refractivity contribution in [2.45, 2.75) is 52.4 Å². The Labute approximate surface area is 169 Å². The number of benzene rings is 1. The molecule has 1 atom stereocenters. The number of aromatic nitrogens is 3. The molecule has 1 aromatic carbocycles. The summed E-state index contributed by atoms with van der Waals surface area (Å²) in [5.74, 6) is 2.52. The summed E-state index contributed by atoms with van der Waals surface area (Å²) in [5.41, 5.74) is 1.92. The van der Waals surface area contributed by atoms with Crippen LogP contribution >= 0.6 is 0 Å². The van der Waals surface area contributed by atoms with Gasteiger partial charge in [-0.1, -0.05) is 29.4 Å². The van der Waals surface area contributed by atoms with E-state index in [4.69, 9.17) is 13.8 Å². The Bertz CT molecular complexity index is 946. The Morgan fingerprint density at radius 3 is 2.62 bits per heavy atom. The molecule has 1 saturated heterocycles. The van der Waals surface area contributed by atoms with E-state index in [1.165, 1.54) is 0 Å². The monoisotopic (exact) mass is 398 g/mol. The Hall–Kier alpha value is -2.71. The van der Waals surface area contributed by atoms with Crippen LogP contribution in [0.15, 0.2) is 33.3 Å². The lowest BCUT2D eigenvalue weighted by atomic mass is 10.0. The van der Waals surface area contributed by atoms with Gasteiger partial charge in [0.2, 0.25) is 0 Å². The summed E-state index contributed by atoms with van der Waals surface area (Å²) in [6, 6.07) is 8.01. The van der Waals surface area contributed by atoms with Crippen LogP contribution in [0, 0.1) is 13.8 Å². The van der Waals surface area contributed by atoms with Crippen molar-refractivity contribution >= 4 is 0 Å². The second-order valence-electron chi connectivity index (χ2n) is 7.60. The molecular weight excluding hydrogens is 372 g/mol. The molecule has 1 aliphatic rings. The Kier molecular flexibility index (Phi) is 5.38. The fourth-order valence-corrected chi connectivity index (χ4v) is 3.58. The van der Waals surface area contributed by atoms with Crippen LogP contribution in [-0.4, -0.2) is 38.4 Å². The maximum Gasteiger partial charge on any atom is 0.259 e. The van der Waals surface area contributed by atoms with Gasteiger partial charge in [0, 0.05) is 26.1 Å². The van der Waals surface area contributed by atoms with E-state index in [2.05, 4.69) is 20.2 Å². The van der Waals surface area contributed by atoms with E-state index in [0.29, 0.717) is 37.7 Å². The van der Waals surface area contributed by atoms with Gasteiger partial charge < -0.3 is 18.9 Å². The van der Waals surface area contributed by atoms with Crippen molar-refractivity contribution in [2.24, 2.45) is 0 Å². The maximum atomic E-state index is 10.9. The van der Waals surface area contributed by atoms with Crippen LogP contribution in [-0.2, 0) is 25.2 Å². The predicted molar refractivity (Wildman–Crippen MR) is 104 cm³/mol. The number of hydrogen-bond donors (Lipinski definition) is 1. The molecule has 0 spiro atoms. The SMILES string of the molecule is CCc1noc(C2(O)CCN(Cc3ccc(OCc4c(C)noc4C)cc3)C2)n1. The van der Waals surface area contributed by atoms with Crippen LogP contribution in [0.1, 0.15) is 47.6 Å². The van der Waals surface area contributed by atoms with E-state index in [9.17, 15) is 5.11 Å². The molecule has 0 aliphatic carbocycles. The highest BCUT2D eigenvalue weighted by atomic mass is 16.5. The molecule has 4 rings (SSSR count). The van der Waals surface area contributed by atoms with Gasteiger partial charge in [0.1, 0.15) is 18.1 Å². The third kappa shape index (κ3) is 4.18. The van der Waals surface area contributed by atoms with E-state index in [-0.39, 0.29) is 0 Å². The molecule has 1 fully saturated rings. The lowest BCUT2D eigenvalue weighted by Gasteiger charge is -2.19. The summed E-state index contributed by atoms with van der Waals surface area (Å²) in [6.07, 6.45) is 1.27. The minimum atomic E-state index is -1.07. The van der Waals surface area contributed by atoms with Gasteiger partial charge in [-0.2, -0.15) is 4.98 Å². The summed E-state index contributed by atoms with van der Waals surface area (Å²) >= 11 is 0. The molecule has 29 heavy (non-hydrogen) atoms. The summed E-state index contributed by atoms with van der Waals surface area (Å²) in [5, 5.41) is 18.7. The fraction of sp³-hybridized carbons (Fsp3) is 0.476. The van der Waals surface area contributed by atoms with Crippen LogP contribution in [0.2, 0.25) is 0 Å². The molecule has 0 amide bonds. The van der Waals surface area contributed by atoms with Gasteiger partial charge in [0.05, 0.1) is 11.3 Å². The van der Waals surface area contributed by atoms with Gasteiger partial charge in [0.15, 0.2) is 11.4 Å². The second-order valence-corrected chi connectivity index (χ2v) is 7.60. The summed E-state index contributed by atoms with van der Waals surface area (Å²) in [7, 11) is 0. The largest absolute Gasteiger partial charge is 0.489 e. The zero-order valence-electron chi connectivity index (χ0n) is 17.0. The van der Waals surface area contributed by atoms with Crippen molar-refractivity contribution in [3.05, 3.63) is 58.6 Å². The number of ether oxygens (including phenoxy) is 1. The highest BCUT2D eigenvalue weighted by molar-refractivity contribution is 5.28. The first kappa shape index (κ1) is 19.6. The molecule has 8 nitrogen and oxygen atoms in total. The minimum absolute atomic E-state index is 0.319. The molecule has 3 aromatic rings. The molecule has 0 saturated carbocycles. The quantitative estimate of drug-likeness (QED) is 0.649. The van der Waals surface area contributed by atoms with E-state index in [1.54, 1.807) is 0 Å². The lowest BCUT2D eigenvalue weighted by Crippen LogP contribution is -2.31. The lowest BCUT2D eigenvalue weighted by molar-refractivity contribution is 0.0131. The average Bonchev–Trinajstić information content (AvgIpc) is 3.42. The number of rotatable bonds is 7. The van der Waals surface area contributed by atoms with E-state index < -0.39 is 5.60 Å². The smallest absolute Gasteiger partial charge is 0.259 e. The molecule has 1 unspecified atom stereocenters. The van der Waals surface area contributed by atoms with Gasteiger partial charge in [-0.3, -0.25) is 4.90 Å². The number of likely N-dealkylation sites (tertiary alicyclic amines) is 1. The van der Waals surface area contributed by atoms with Crippen LogP contribution in [0.4, 0.5) is 0 Å². The minimum Gasteiger partial charge on any atom is -0.489 e. The molecule has 3 heterocycles. The third-order valence-corrected chi connectivity index (χ3v) is 5.40. The van der Waals surface area contributed by atoms with Crippen molar-refractivity contribution in [3.63, 3.8) is 0 Å². The number of aliphatic hydroxyl groups is 1. The average molecular weight is 398 g/mol. The molecule has 154 valence electrons. The molecular formula is C21H26N4O4. The molecule has 0 radical (unpaired) electrons. The molecule has 2 aromatic heterocycles. The third-order valence-electron chi connectivity index (χ3n) is 5.40. The second kappa shape index (κ2) is 7.96. The number of β-amino-alcohol motifs (C(OH)–C–C–N with tert-alkyl or cyclic N) is 1. The van der Waals surface area contributed by atoms with Crippen molar-refractivity contribution in [2.75, 3.05) is 13.1 Å². The fourth-order valence-electron chi connectivity index (χ4n) is 3.58. The van der Waals surface area contributed by atoms with Gasteiger partial charge in [-0.05, 0) is 38.0 Å². The van der Waals surface area contributed by atoms with Crippen molar-refractivity contribution in [1.29, 1.82) is 0 Å². The van der Waals surface area contributed by atoms with E-state index in [1.807, 2.05) is 45.0 Å². The molecule has 1 aliphatic heterocycles. The first-order chi connectivity index (χ1) is 14.0. The summed E-state index contributed by atoms with van der Waals surface area (Å²) in [4.78, 5) is 6.50. The number of hydrogen-bond acceptors (Lipinski definition) is 8. The van der Waals surface area contributed by atoms with E-state index >= 15 is 0 Å². The number of nitrogens with zero attached hydrogens (tertiary/aromatic N) is 4. The van der Waals surface area contributed by atoms with Gasteiger partial charge >= 0.3 is 0 Å². The van der Waals surface area contributed by atoms with Crippen molar-refractivity contribution < 1.29 is 18.9 Å². The Morgan fingerprint density at radius 2 is 1.97 bits per heavy atom. The predicted octanol–water partition coefficient (Wildman–Crippen LogP) is 2.91. The topological polar surface area (TPSA) is 97.7 Å². The van der Waals surface area contributed by atoms with Gasteiger partial charge in [-0.25, -0.2) is 0 Å². The molecule has 0 bridgehead atoms. The van der Waals surface area contributed by atoms with Crippen LogP contribution in [0.25, 0.3) is 0 Å². The van der Waals surface area contributed by atoms with Crippen molar-refractivity contribution in [3.8, 4) is 5.75 Å². The Balaban J connectivity index is 1.33. The first-order valence-corrected chi connectivity index (χ1v) is 9.88. The normalized spacial score (nSPS) is 19.7. The zero-order chi connectivity index (χ0) is 20.4. The van der Waals surface area contributed by atoms with E-state index in [0.717, 1.165) is 41.4 Å². The highest BCUT2D eigenvalue weighted by Crippen LogP contribution is 2.32. The van der Waals surface area contributed by atoms with Crippen LogP contribution < -0.4 is 4.74 Å².